The number of fused-ring (bicyclic) bond motifs is 2. The van der Waals surface area contributed by atoms with E-state index in [4.69, 9.17) is 9.47 Å². The molecule has 0 N–H and O–H groups in total. The summed E-state index contributed by atoms with van der Waals surface area (Å²) < 4.78 is 12.4. The highest BCUT2D eigenvalue weighted by Crippen LogP contribution is 2.54. The minimum Gasteiger partial charge on any atom is -0.370 e. The van der Waals surface area contributed by atoms with Gasteiger partial charge in [-0.25, -0.2) is 0 Å². The summed E-state index contributed by atoms with van der Waals surface area (Å²) in [7, 11) is 0. The molecular formula is C17H22O2. The maximum absolute atomic E-state index is 6.27. The van der Waals surface area contributed by atoms with Gasteiger partial charge in [0.25, 0.3) is 0 Å². The fourth-order valence-corrected chi connectivity index (χ4v) is 3.43. The summed E-state index contributed by atoms with van der Waals surface area (Å²) in [5.74, 6) is 0. The van der Waals surface area contributed by atoms with Crippen LogP contribution in [-0.2, 0) is 16.1 Å². The van der Waals surface area contributed by atoms with E-state index in [1.165, 1.54) is 16.7 Å². The molecule has 0 aromatic heterocycles. The van der Waals surface area contributed by atoms with Gasteiger partial charge in [0.05, 0.1) is 18.3 Å². The fraction of sp³-hybridized carbons (Fsp3) is 0.529. The normalized spacial score (nSPS) is 37.2. The first-order valence-electron chi connectivity index (χ1n) is 7.00. The van der Waals surface area contributed by atoms with Gasteiger partial charge in [0.2, 0.25) is 0 Å². The van der Waals surface area contributed by atoms with Crippen molar-refractivity contribution in [3.8, 4) is 0 Å². The van der Waals surface area contributed by atoms with Crippen molar-refractivity contribution in [2.45, 2.75) is 58.0 Å². The highest BCUT2D eigenvalue weighted by Gasteiger charge is 2.59. The Morgan fingerprint density at radius 1 is 1.16 bits per heavy atom. The number of rotatable bonds is 3. The van der Waals surface area contributed by atoms with Crippen molar-refractivity contribution in [3.05, 3.63) is 47.0 Å². The van der Waals surface area contributed by atoms with Crippen molar-refractivity contribution in [3.63, 3.8) is 0 Å². The average Bonchev–Trinajstić information content (AvgIpc) is 2.77. The summed E-state index contributed by atoms with van der Waals surface area (Å²) in [6.45, 7) is 9.38. The minimum absolute atomic E-state index is 0.125. The van der Waals surface area contributed by atoms with Crippen LogP contribution in [0.2, 0.25) is 0 Å². The molecule has 1 fully saturated rings. The fourth-order valence-electron chi connectivity index (χ4n) is 3.43. The molecule has 2 aliphatic rings. The van der Waals surface area contributed by atoms with E-state index in [1.54, 1.807) is 0 Å². The molecule has 1 saturated heterocycles. The third-order valence-corrected chi connectivity index (χ3v) is 5.02. The molecule has 2 heteroatoms. The molecule has 0 amide bonds. The number of benzene rings is 1. The molecule has 2 nitrogen and oxygen atoms in total. The van der Waals surface area contributed by atoms with Gasteiger partial charge in [-0.15, -0.1) is 0 Å². The largest absolute Gasteiger partial charge is 0.370 e. The average molecular weight is 258 g/mol. The van der Waals surface area contributed by atoms with Crippen LogP contribution in [0.25, 0.3) is 0 Å². The van der Waals surface area contributed by atoms with Gasteiger partial charge < -0.3 is 9.47 Å². The molecule has 2 heterocycles. The Hall–Kier alpha value is -1.12. The lowest BCUT2D eigenvalue weighted by Gasteiger charge is -2.31. The third kappa shape index (κ3) is 1.86. The van der Waals surface area contributed by atoms with Gasteiger partial charge in [-0.3, -0.25) is 0 Å². The van der Waals surface area contributed by atoms with Crippen LogP contribution in [0, 0.1) is 0 Å². The van der Waals surface area contributed by atoms with E-state index in [0.29, 0.717) is 6.61 Å². The Kier molecular flexibility index (Phi) is 2.84. The predicted molar refractivity (Wildman–Crippen MR) is 75.9 cm³/mol. The molecule has 1 aromatic carbocycles. The SMILES string of the molecule is CC1=C(C)[C@@]2(C)O[C@]1(C)C[C@@H]2OCc1ccccc1. The molecule has 0 radical (unpaired) electrons. The van der Waals surface area contributed by atoms with Crippen molar-refractivity contribution in [1.29, 1.82) is 0 Å². The van der Waals surface area contributed by atoms with E-state index in [9.17, 15) is 0 Å². The summed E-state index contributed by atoms with van der Waals surface area (Å²) in [5, 5.41) is 0. The van der Waals surface area contributed by atoms with E-state index in [0.717, 1.165) is 6.42 Å². The van der Waals surface area contributed by atoms with Crippen LogP contribution in [-0.4, -0.2) is 17.3 Å². The summed E-state index contributed by atoms with van der Waals surface area (Å²) >= 11 is 0. The first-order chi connectivity index (χ1) is 8.96. The molecule has 0 saturated carbocycles. The number of ether oxygens (including phenoxy) is 2. The highest BCUT2D eigenvalue weighted by atomic mass is 16.6. The zero-order valence-corrected chi connectivity index (χ0v) is 12.2. The lowest BCUT2D eigenvalue weighted by Crippen LogP contribution is -2.39. The lowest BCUT2D eigenvalue weighted by atomic mass is 9.77. The topological polar surface area (TPSA) is 18.5 Å². The summed E-state index contributed by atoms with van der Waals surface area (Å²) in [4.78, 5) is 0. The minimum atomic E-state index is -0.242. The van der Waals surface area contributed by atoms with Gasteiger partial charge in [-0.05, 0) is 44.4 Å². The summed E-state index contributed by atoms with van der Waals surface area (Å²) in [6, 6.07) is 10.3. The standard InChI is InChI=1S/C17H22O2/c1-12-13(2)17(4)15(10-16(12,3)19-17)18-11-14-8-6-5-7-9-14/h5-9,15H,10-11H2,1-4H3/t15-,16+,17+/m0/s1. The van der Waals surface area contributed by atoms with Crippen molar-refractivity contribution in [2.75, 3.05) is 0 Å². The molecule has 3 rings (SSSR count). The van der Waals surface area contributed by atoms with Gasteiger partial charge in [-0.1, -0.05) is 30.3 Å². The Balaban J connectivity index is 1.75. The van der Waals surface area contributed by atoms with Crippen LogP contribution in [0.3, 0.4) is 0 Å². The molecule has 0 spiro atoms. The predicted octanol–water partition coefficient (Wildman–Crippen LogP) is 3.86. The number of hydrogen-bond acceptors (Lipinski definition) is 2. The second kappa shape index (κ2) is 4.19. The molecule has 0 unspecified atom stereocenters. The van der Waals surface area contributed by atoms with Crippen molar-refractivity contribution in [1.82, 2.24) is 0 Å². The maximum Gasteiger partial charge on any atom is 0.114 e. The van der Waals surface area contributed by atoms with Crippen molar-refractivity contribution in [2.24, 2.45) is 0 Å². The quantitative estimate of drug-likeness (QED) is 0.766. The van der Waals surface area contributed by atoms with E-state index < -0.39 is 0 Å². The van der Waals surface area contributed by atoms with Gasteiger partial charge >= 0.3 is 0 Å². The zero-order valence-electron chi connectivity index (χ0n) is 12.2. The first kappa shape index (κ1) is 12.9. The van der Waals surface area contributed by atoms with E-state index in [1.807, 2.05) is 18.2 Å². The lowest BCUT2D eigenvalue weighted by molar-refractivity contribution is -0.0731. The molecule has 3 atom stereocenters. The van der Waals surface area contributed by atoms with E-state index in [-0.39, 0.29) is 17.3 Å². The van der Waals surface area contributed by atoms with Crippen LogP contribution in [0.4, 0.5) is 0 Å². The molecule has 102 valence electrons. The molecule has 2 aliphatic heterocycles. The van der Waals surface area contributed by atoms with Crippen LogP contribution >= 0.6 is 0 Å². The Bertz CT molecular complexity index is 519. The smallest absolute Gasteiger partial charge is 0.114 e. The Morgan fingerprint density at radius 3 is 2.42 bits per heavy atom. The van der Waals surface area contributed by atoms with Crippen LogP contribution in [0.1, 0.15) is 39.7 Å². The molecule has 19 heavy (non-hydrogen) atoms. The summed E-state index contributed by atoms with van der Waals surface area (Å²) in [6.07, 6.45) is 1.11. The van der Waals surface area contributed by atoms with Crippen LogP contribution < -0.4 is 0 Å². The van der Waals surface area contributed by atoms with Crippen LogP contribution in [0.15, 0.2) is 41.5 Å². The van der Waals surface area contributed by atoms with Gasteiger partial charge in [-0.2, -0.15) is 0 Å². The van der Waals surface area contributed by atoms with E-state index in [2.05, 4.69) is 39.8 Å². The summed E-state index contributed by atoms with van der Waals surface area (Å²) in [5.41, 5.74) is 3.58. The van der Waals surface area contributed by atoms with Gasteiger partial charge in [0.15, 0.2) is 0 Å². The van der Waals surface area contributed by atoms with Crippen LogP contribution in [0.5, 0.6) is 0 Å². The van der Waals surface area contributed by atoms with Gasteiger partial charge in [0.1, 0.15) is 5.60 Å². The first-order valence-corrected chi connectivity index (χ1v) is 7.00. The Morgan fingerprint density at radius 2 is 1.84 bits per heavy atom. The molecule has 1 aromatic rings. The number of hydrogen-bond donors (Lipinski definition) is 0. The molecule has 0 aliphatic carbocycles. The van der Waals surface area contributed by atoms with Crippen molar-refractivity contribution < 1.29 is 9.47 Å². The maximum atomic E-state index is 6.27. The second-order valence-corrected chi connectivity index (χ2v) is 6.18. The van der Waals surface area contributed by atoms with Crippen molar-refractivity contribution >= 4 is 0 Å². The third-order valence-electron chi connectivity index (χ3n) is 5.02. The van der Waals surface area contributed by atoms with E-state index >= 15 is 0 Å². The Labute approximate surface area is 115 Å². The second-order valence-electron chi connectivity index (χ2n) is 6.18. The highest BCUT2D eigenvalue weighted by molar-refractivity contribution is 5.39. The molecule has 2 bridgehead atoms. The zero-order chi connectivity index (χ0) is 13.7. The molecular weight excluding hydrogens is 236 g/mol. The van der Waals surface area contributed by atoms with Gasteiger partial charge in [0, 0.05) is 6.42 Å². The monoisotopic (exact) mass is 258 g/mol.